The Bertz CT molecular complexity index is 816. The molecular formula is C20H21Br2N3O2. The summed E-state index contributed by atoms with van der Waals surface area (Å²) < 4.78 is 1.92. The Morgan fingerprint density at radius 1 is 1.15 bits per heavy atom. The fourth-order valence-electron chi connectivity index (χ4n) is 3.09. The molecule has 0 bridgehead atoms. The smallest absolute Gasteiger partial charge is 0.243 e. The number of benzene rings is 2. The van der Waals surface area contributed by atoms with E-state index in [0.29, 0.717) is 5.56 Å². The molecule has 0 unspecified atom stereocenters. The van der Waals surface area contributed by atoms with Gasteiger partial charge in [0, 0.05) is 27.0 Å². The number of piperidine rings is 1. The summed E-state index contributed by atoms with van der Waals surface area (Å²) in [4.78, 5) is 14.7. The number of carbonyl (C=O) groups excluding carboxylic acids is 1. The van der Waals surface area contributed by atoms with Gasteiger partial charge in [-0.2, -0.15) is 5.10 Å². The zero-order valence-corrected chi connectivity index (χ0v) is 17.9. The first-order chi connectivity index (χ1) is 13.0. The first-order valence-corrected chi connectivity index (χ1v) is 10.4. The van der Waals surface area contributed by atoms with E-state index in [1.165, 1.54) is 11.8 Å². The summed E-state index contributed by atoms with van der Waals surface area (Å²) >= 11 is 6.80. The molecule has 142 valence electrons. The first-order valence-electron chi connectivity index (χ1n) is 8.79. The quantitative estimate of drug-likeness (QED) is 0.481. The molecule has 0 saturated carbocycles. The average molecular weight is 495 g/mol. The Kier molecular flexibility index (Phi) is 7.04. The highest BCUT2D eigenvalue weighted by Gasteiger charge is 2.24. The van der Waals surface area contributed by atoms with Crippen LogP contribution in [0.1, 0.15) is 24.0 Å². The van der Waals surface area contributed by atoms with E-state index in [-0.39, 0.29) is 17.6 Å². The molecule has 0 spiro atoms. The molecule has 0 aromatic heterocycles. The molecule has 1 heterocycles. The van der Waals surface area contributed by atoms with Gasteiger partial charge in [0.2, 0.25) is 5.91 Å². The van der Waals surface area contributed by atoms with Crippen LogP contribution < -0.4 is 5.43 Å². The largest absolute Gasteiger partial charge is 0.507 e. The van der Waals surface area contributed by atoms with Gasteiger partial charge in [-0.15, -0.1) is 0 Å². The fraction of sp³-hybridized carbons (Fsp3) is 0.300. The van der Waals surface area contributed by atoms with E-state index in [0.717, 1.165) is 41.4 Å². The van der Waals surface area contributed by atoms with Gasteiger partial charge >= 0.3 is 0 Å². The van der Waals surface area contributed by atoms with Crippen molar-refractivity contribution < 1.29 is 9.90 Å². The predicted octanol–water partition coefficient (Wildman–Crippen LogP) is 4.28. The minimum absolute atomic E-state index is 0.0283. The summed E-state index contributed by atoms with van der Waals surface area (Å²) in [5.74, 6) is 0.0286. The highest BCUT2D eigenvalue weighted by atomic mass is 79.9. The summed E-state index contributed by atoms with van der Waals surface area (Å²) in [5, 5.41) is 13.8. The van der Waals surface area contributed by atoms with Crippen molar-refractivity contribution in [2.24, 2.45) is 11.0 Å². The number of carbonyl (C=O) groups is 1. The molecule has 5 nitrogen and oxygen atoms in total. The molecule has 2 aromatic carbocycles. The van der Waals surface area contributed by atoms with Gasteiger partial charge in [-0.1, -0.05) is 44.0 Å². The zero-order chi connectivity index (χ0) is 19.2. The van der Waals surface area contributed by atoms with Gasteiger partial charge in [-0.25, -0.2) is 5.43 Å². The van der Waals surface area contributed by atoms with Crippen LogP contribution in [0, 0.1) is 5.92 Å². The Balaban J connectivity index is 1.46. The molecule has 0 atom stereocenters. The minimum Gasteiger partial charge on any atom is -0.507 e. The molecule has 2 N–H and O–H groups in total. The van der Waals surface area contributed by atoms with Crippen molar-refractivity contribution >= 4 is 44.0 Å². The number of phenols is 1. The number of amides is 1. The molecule has 1 aliphatic rings. The molecule has 27 heavy (non-hydrogen) atoms. The topological polar surface area (TPSA) is 64.9 Å². The normalized spacial score (nSPS) is 15.9. The molecule has 2 aromatic rings. The van der Waals surface area contributed by atoms with Gasteiger partial charge in [0.05, 0.1) is 6.21 Å². The maximum Gasteiger partial charge on any atom is 0.243 e. The summed E-state index contributed by atoms with van der Waals surface area (Å²) in [6, 6.07) is 13.4. The second kappa shape index (κ2) is 9.48. The number of likely N-dealkylation sites (tertiary alicyclic amines) is 1. The predicted molar refractivity (Wildman–Crippen MR) is 114 cm³/mol. The van der Waals surface area contributed by atoms with Gasteiger partial charge in [-0.05, 0) is 61.8 Å². The standard InChI is InChI=1S/C20H21Br2N3O2/c21-17-3-1-14(2-4-17)13-25-9-7-15(8-10-25)20(27)24-23-12-16-11-18(22)5-6-19(16)26/h1-6,11-12,15,26H,7-10,13H2,(H,24,27)/b23-12+. The number of phenolic OH excluding ortho intramolecular Hbond substituents is 1. The van der Waals surface area contributed by atoms with Crippen LogP contribution >= 0.6 is 31.9 Å². The second-order valence-corrected chi connectivity index (χ2v) is 8.45. The van der Waals surface area contributed by atoms with E-state index in [1.54, 1.807) is 18.2 Å². The fourth-order valence-corrected chi connectivity index (χ4v) is 3.73. The van der Waals surface area contributed by atoms with Crippen molar-refractivity contribution in [3.8, 4) is 5.75 Å². The van der Waals surface area contributed by atoms with Crippen LogP contribution in [0.5, 0.6) is 5.75 Å². The summed E-state index contributed by atoms with van der Waals surface area (Å²) in [7, 11) is 0. The van der Waals surface area contributed by atoms with E-state index >= 15 is 0 Å². The number of nitrogens with zero attached hydrogens (tertiary/aromatic N) is 2. The van der Waals surface area contributed by atoms with Crippen molar-refractivity contribution in [2.45, 2.75) is 19.4 Å². The lowest BCUT2D eigenvalue weighted by Crippen LogP contribution is -2.39. The SMILES string of the molecule is O=C(N/N=C/c1cc(Br)ccc1O)C1CCN(Cc2ccc(Br)cc2)CC1. The molecule has 1 amide bonds. The Morgan fingerprint density at radius 2 is 1.81 bits per heavy atom. The molecule has 1 fully saturated rings. The number of nitrogens with one attached hydrogen (secondary N) is 1. The highest BCUT2D eigenvalue weighted by Crippen LogP contribution is 2.21. The van der Waals surface area contributed by atoms with Crippen LogP contribution in [0.4, 0.5) is 0 Å². The maximum atomic E-state index is 12.3. The summed E-state index contributed by atoms with van der Waals surface area (Å²) in [6.45, 7) is 2.69. The summed E-state index contributed by atoms with van der Waals surface area (Å²) in [6.07, 6.45) is 3.10. The van der Waals surface area contributed by atoms with Crippen LogP contribution in [0.25, 0.3) is 0 Å². The monoisotopic (exact) mass is 493 g/mol. The van der Waals surface area contributed by atoms with E-state index < -0.39 is 0 Å². The molecule has 1 aliphatic heterocycles. The lowest BCUT2D eigenvalue weighted by Gasteiger charge is -2.30. The lowest BCUT2D eigenvalue weighted by atomic mass is 9.96. The van der Waals surface area contributed by atoms with Crippen molar-refractivity contribution in [1.82, 2.24) is 10.3 Å². The third kappa shape index (κ3) is 5.89. The number of hydrogen-bond donors (Lipinski definition) is 2. The molecule has 0 aliphatic carbocycles. The molecule has 1 saturated heterocycles. The minimum atomic E-state index is -0.0657. The van der Waals surface area contributed by atoms with Gasteiger partial charge in [0.25, 0.3) is 0 Å². The van der Waals surface area contributed by atoms with Gasteiger partial charge in [0.15, 0.2) is 0 Å². The third-order valence-electron chi connectivity index (χ3n) is 4.65. The van der Waals surface area contributed by atoms with Crippen molar-refractivity contribution in [3.05, 3.63) is 62.5 Å². The number of aromatic hydroxyl groups is 1. The average Bonchev–Trinajstić information content (AvgIpc) is 2.67. The zero-order valence-electron chi connectivity index (χ0n) is 14.7. The van der Waals surface area contributed by atoms with E-state index in [1.807, 2.05) is 0 Å². The molecular weight excluding hydrogens is 474 g/mol. The van der Waals surface area contributed by atoms with Gasteiger partial charge in [-0.3, -0.25) is 9.69 Å². The Labute approximate surface area is 175 Å². The van der Waals surface area contributed by atoms with Crippen LogP contribution in [0.2, 0.25) is 0 Å². The number of hydrogen-bond acceptors (Lipinski definition) is 4. The van der Waals surface area contributed by atoms with Gasteiger partial charge in [0.1, 0.15) is 5.75 Å². The number of halogens is 2. The molecule has 3 rings (SSSR count). The van der Waals surface area contributed by atoms with Crippen LogP contribution in [0.15, 0.2) is 56.5 Å². The highest BCUT2D eigenvalue weighted by molar-refractivity contribution is 9.10. The van der Waals surface area contributed by atoms with Crippen LogP contribution in [0.3, 0.4) is 0 Å². The first kappa shape index (κ1) is 20.0. The van der Waals surface area contributed by atoms with E-state index in [4.69, 9.17) is 0 Å². The summed E-state index contributed by atoms with van der Waals surface area (Å²) in [5.41, 5.74) is 4.43. The Morgan fingerprint density at radius 3 is 2.52 bits per heavy atom. The second-order valence-electron chi connectivity index (χ2n) is 6.61. The van der Waals surface area contributed by atoms with Crippen LogP contribution in [-0.4, -0.2) is 35.2 Å². The van der Waals surface area contributed by atoms with Crippen molar-refractivity contribution in [3.63, 3.8) is 0 Å². The van der Waals surface area contributed by atoms with E-state index in [9.17, 15) is 9.90 Å². The van der Waals surface area contributed by atoms with Crippen molar-refractivity contribution in [2.75, 3.05) is 13.1 Å². The molecule has 7 heteroatoms. The number of hydrazone groups is 1. The lowest BCUT2D eigenvalue weighted by molar-refractivity contribution is -0.126. The van der Waals surface area contributed by atoms with E-state index in [2.05, 4.69) is 71.6 Å². The van der Waals surface area contributed by atoms with Gasteiger partial charge < -0.3 is 5.11 Å². The van der Waals surface area contributed by atoms with Crippen molar-refractivity contribution in [1.29, 1.82) is 0 Å². The third-order valence-corrected chi connectivity index (χ3v) is 5.67. The Hall–Kier alpha value is -1.70. The van der Waals surface area contributed by atoms with Crippen LogP contribution in [-0.2, 0) is 11.3 Å². The number of rotatable bonds is 5. The maximum absolute atomic E-state index is 12.3. The molecule has 0 radical (unpaired) electrons.